The minimum absolute atomic E-state index is 0.00859. The molecule has 1 fully saturated rings. The molecule has 1 aliphatic heterocycles. The lowest BCUT2D eigenvalue weighted by Crippen LogP contribution is -2.49. The first kappa shape index (κ1) is 84.7. The summed E-state index contributed by atoms with van der Waals surface area (Å²) >= 11 is 0. The maximum atomic E-state index is 13.6. The van der Waals surface area contributed by atoms with Crippen LogP contribution in [-0.2, 0) is 43.2 Å². The summed E-state index contributed by atoms with van der Waals surface area (Å²) in [5.41, 5.74) is 0.771. The van der Waals surface area contributed by atoms with Gasteiger partial charge in [-0.1, -0.05) is 141 Å². The van der Waals surface area contributed by atoms with Crippen LogP contribution < -0.4 is 25.8 Å². The lowest BCUT2D eigenvalue weighted by molar-refractivity contribution is -0.132. The van der Waals surface area contributed by atoms with Crippen LogP contribution in [0.4, 0.5) is 17.8 Å². The Morgan fingerprint density at radius 1 is 0.394 bits per heavy atom. The molecule has 1 aliphatic rings. The number of piperazine rings is 1. The maximum Gasteiger partial charge on any atom is 0.232 e. The molecule has 18 heteroatoms. The molecule has 1 aromatic heterocycles. The molecule has 1 saturated heterocycles. The smallest absolute Gasteiger partial charge is 0.232 e. The van der Waals surface area contributed by atoms with Gasteiger partial charge in [0.05, 0.1) is 0 Å². The highest BCUT2D eigenvalue weighted by Gasteiger charge is 2.26. The Hall–Kier alpha value is -5.42. The number of carbonyl (C=O) groups is 9. The highest BCUT2D eigenvalue weighted by molar-refractivity contribution is 5.89. The number of unbranched alkanes of at least 4 members (excludes halogenated alkanes) is 12. The molecule has 0 atom stereocenters. The molecule has 3 N–H and O–H groups in total. The number of amides is 3. The molecule has 0 saturated carbocycles. The van der Waals surface area contributed by atoms with Crippen molar-refractivity contribution < 1.29 is 43.2 Å². The maximum absolute atomic E-state index is 13.6. The van der Waals surface area contributed by atoms with E-state index in [4.69, 9.17) is 15.0 Å². The third kappa shape index (κ3) is 47.5. The normalized spacial score (nSPS) is 13.1. The average molecular weight is 1320 g/mol. The first-order chi connectivity index (χ1) is 44.4. The predicted molar refractivity (Wildman–Crippen MR) is 383 cm³/mol. The third-order valence-corrected chi connectivity index (χ3v) is 17.2. The number of Topliss-reactive ketones (excluding diaryl/α,β-unsaturated/α-hetero) is 5. The van der Waals surface area contributed by atoms with Crippen LogP contribution >= 0.6 is 0 Å². The molecule has 0 aliphatic carbocycles. The Kier molecular flexibility index (Phi) is 42.8. The minimum atomic E-state index is -0.173. The summed E-state index contributed by atoms with van der Waals surface area (Å²) in [5.74, 6) is 1.75. The zero-order valence-corrected chi connectivity index (χ0v) is 61.5. The van der Waals surface area contributed by atoms with Crippen LogP contribution in [0.25, 0.3) is 0 Å². The van der Waals surface area contributed by atoms with Crippen molar-refractivity contribution in [2.75, 3.05) is 74.0 Å². The van der Waals surface area contributed by atoms with Crippen molar-refractivity contribution in [3.8, 4) is 0 Å². The number of hydrogen-bond donors (Lipinski definition) is 3. The van der Waals surface area contributed by atoms with Crippen molar-refractivity contribution in [2.24, 2.45) is 21.7 Å². The highest BCUT2D eigenvalue weighted by Crippen LogP contribution is 2.26. The molecule has 3 amide bonds. The molecule has 2 heterocycles. The van der Waals surface area contributed by atoms with Crippen molar-refractivity contribution in [2.45, 2.75) is 321 Å². The molecular weight excluding hydrogens is 1180 g/mol. The van der Waals surface area contributed by atoms with Crippen molar-refractivity contribution in [1.82, 2.24) is 30.5 Å². The Balaban J connectivity index is 2.15. The summed E-state index contributed by atoms with van der Waals surface area (Å²) in [7, 11) is 0. The zero-order chi connectivity index (χ0) is 69.8. The number of nitrogens with zero attached hydrogens (tertiary/aromatic N) is 6. The van der Waals surface area contributed by atoms with Gasteiger partial charge in [0.2, 0.25) is 35.6 Å². The molecular formula is C76H133N9O9. The van der Waals surface area contributed by atoms with Crippen molar-refractivity contribution in [3.63, 3.8) is 0 Å². The lowest BCUT2D eigenvalue weighted by Gasteiger charge is -2.35. The zero-order valence-electron chi connectivity index (χ0n) is 61.5. The summed E-state index contributed by atoms with van der Waals surface area (Å²) in [6.45, 7) is 29.6. The molecule has 0 spiro atoms. The second-order valence-corrected chi connectivity index (χ2v) is 31.6. The van der Waals surface area contributed by atoms with E-state index in [1.807, 2.05) is 15.9 Å². The van der Waals surface area contributed by atoms with Gasteiger partial charge in [0, 0.05) is 149 Å². The van der Waals surface area contributed by atoms with Gasteiger partial charge in [0.25, 0.3) is 0 Å². The van der Waals surface area contributed by atoms with Crippen molar-refractivity contribution in [1.29, 1.82) is 0 Å². The SMILES string of the molecule is CC(C)(C)/C=C/C(=O)CCCCCCCNC(=O)CCCC(=O)N1CCN(c2nc(NCCC(=O)CCCCCC(=O)CCCCC(C)(C)C)nc(N(CCC(=O)CCCCCC(=O)CCCCC(C)(C)C)CCC(=O)NCCCCC(=O)CCCCC(C)(C)C)n2)CC1. The van der Waals surface area contributed by atoms with Gasteiger partial charge in [0.15, 0.2) is 5.78 Å². The number of aromatic nitrogens is 3. The Bertz CT molecular complexity index is 2360. The van der Waals surface area contributed by atoms with Gasteiger partial charge in [-0.05, 0) is 124 Å². The number of anilines is 3. The van der Waals surface area contributed by atoms with Crippen LogP contribution in [-0.4, -0.2) is 131 Å². The largest absolute Gasteiger partial charge is 0.356 e. The van der Waals surface area contributed by atoms with E-state index in [2.05, 4.69) is 99.0 Å². The molecule has 536 valence electrons. The number of carbonyl (C=O) groups excluding carboxylic acids is 9. The van der Waals surface area contributed by atoms with Gasteiger partial charge in [-0.3, -0.25) is 43.2 Å². The Morgan fingerprint density at radius 3 is 1.28 bits per heavy atom. The Labute approximate surface area is 569 Å². The molecule has 2 rings (SSSR count). The van der Waals surface area contributed by atoms with E-state index in [1.54, 1.807) is 11.0 Å². The lowest BCUT2D eigenvalue weighted by atomic mass is 9.89. The number of hydrogen-bond acceptors (Lipinski definition) is 15. The number of ketones is 6. The fourth-order valence-electron chi connectivity index (χ4n) is 11.2. The van der Waals surface area contributed by atoms with Crippen LogP contribution in [0.15, 0.2) is 12.2 Å². The van der Waals surface area contributed by atoms with Crippen molar-refractivity contribution >= 4 is 70.3 Å². The first-order valence-corrected chi connectivity index (χ1v) is 37.0. The van der Waals surface area contributed by atoms with E-state index in [9.17, 15) is 43.2 Å². The third-order valence-electron chi connectivity index (χ3n) is 17.2. The van der Waals surface area contributed by atoms with Crippen LogP contribution in [0, 0.1) is 21.7 Å². The van der Waals surface area contributed by atoms with Crippen LogP contribution in [0.1, 0.15) is 321 Å². The van der Waals surface area contributed by atoms with E-state index in [0.717, 1.165) is 116 Å². The van der Waals surface area contributed by atoms with Gasteiger partial charge in [-0.2, -0.15) is 15.0 Å². The second kappa shape index (κ2) is 47.5. The molecule has 94 heavy (non-hydrogen) atoms. The van der Waals surface area contributed by atoms with Crippen LogP contribution in [0.2, 0.25) is 0 Å². The van der Waals surface area contributed by atoms with Crippen molar-refractivity contribution in [3.05, 3.63) is 12.2 Å². The summed E-state index contributed by atoms with van der Waals surface area (Å²) in [6.07, 6.45) is 29.5. The first-order valence-electron chi connectivity index (χ1n) is 37.0. The second-order valence-electron chi connectivity index (χ2n) is 31.6. The van der Waals surface area contributed by atoms with Crippen LogP contribution in [0.5, 0.6) is 0 Å². The highest BCUT2D eigenvalue weighted by atomic mass is 16.2. The van der Waals surface area contributed by atoms with E-state index in [-0.39, 0.29) is 132 Å². The monoisotopic (exact) mass is 1320 g/mol. The van der Waals surface area contributed by atoms with E-state index in [1.165, 1.54) is 0 Å². The molecule has 1 aromatic rings. The molecule has 0 radical (unpaired) electrons. The summed E-state index contributed by atoms with van der Waals surface area (Å²) < 4.78 is 0. The Morgan fingerprint density at radius 2 is 0.787 bits per heavy atom. The van der Waals surface area contributed by atoms with Gasteiger partial charge in [-0.15, -0.1) is 0 Å². The van der Waals surface area contributed by atoms with Crippen LogP contribution in [0.3, 0.4) is 0 Å². The predicted octanol–water partition coefficient (Wildman–Crippen LogP) is 15.6. The minimum Gasteiger partial charge on any atom is -0.356 e. The summed E-state index contributed by atoms with van der Waals surface area (Å²) in [4.78, 5) is 137. The van der Waals surface area contributed by atoms with Gasteiger partial charge >= 0.3 is 0 Å². The van der Waals surface area contributed by atoms with Gasteiger partial charge < -0.3 is 30.7 Å². The average Bonchev–Trinajstić information content (AvgIpc) is 0.824. The van der Waals surface area contributed by atoms with E-state index in [0.29, 0.717) is 141 Å². The summed E-state index contributed by atoms with van der Waals surface area (Å²) in [6, 6.07) is 0. The van der Waals surface area contributed by atoms with Gasteiger partial charge in [0.1, 0.15) is 28.9 Å². The molecule has 0 aromatic carbocycles. The van der Waals surface area contributed by atoms with E-state index >= 15 is 0 Å². The number of rotatable bonds is 54. The quantitative estimate of drug-likeness (QED) is 0.0406. The van der Waals surface area contributed by atoms with E-state index < -0.39 is 0 Å². The fraction of sp³-hybridized carbons (Fsp3) is 0.816. The molecule has 18 nitrogen and oxygen atoms in total. The molecule has 0 bridgehead atoms. The fourth-order valence-corrected chi connectivity index (χ4v) is 11.2. The standard InChI is InChI=1S/C76H133N9O9/c1-73(2,3)48-27-23-38-61(86)33-19-16-21-36-65(90)45-54-79-70-80-71(82-72(81-70)85-59-57-83(58-60-85)69(94)43-32-42-67(92)77-52-30-15-13-14-18-35-64(89)44-51-76(10,11)12)84(55-46-66(91)37-22-17-20-34-62(87)39-24-28-49-74(4,5)6)56-47-68(93)78-53-31-26-41-63(88)40-25-29-50-75(7,8)9/h44,51H,13-43,45-50,52-60H2,1-12H3,(H,77,92)(H,78,93)(H,79,80,81,82)/b51-44+. The summed E-state index contributed by atoms with van der Waals surface area (Å²) in [5, 5.41) is 9.29. The molecule has 0 unspecified atom stereocenters. The number of nitrogens with one attached hydrogen (secondary N) is 3. The number of allylic oxidation sites excluding steroid dienone is 2. The van der Waals surface area contributed by atoms with Gasteiger partial charge in [-0.25, -0.2) is 0 Å². The topological polar surface area (TPSA) is 238 Å².